The van der Waals surface area contributed by atoms with E-state index in [0.29, 0.717) is 31.4 Å². The van der Waals surface area contributed by atoms with Gasteiger partial charge in [-0.2, -0.15) is 0 Å². The summed E-state index contributed by atoms with van der Waals surface area (Å²) >= 11 is 0. The molecule has 4 fully saturated rings. The summed E-state index contributed by atoms with van der Waals surface area (Å²) in [4.78, 5) is 20.5. The van der Waals surface area contributed by atoms with Gasteiger partial charge in [-0.05, 0) is 37.8 Å². The number of hydrogen-bond donors (Lipinski definition) is 2. The summed E-state index contributed by atoms with van der Waals surface area (Å²) < 4.78 is 26.6. The summed E-state index contributed by atoms with van der Waals surface area (Å²) in [5.41, 5.74) is 5.24. The molecule has 6 nitrogen and oxygen atoms in total. The monoisotopic (exact) mass is 429 g/mol. The van der Waals surface area contributed by atoms with Crippen molar-refractivity contribution in [3.05, 3.63) is 36.0 Å². The fourth-order valence-corrected chi connectivity index (χ4v) is 6.13. The Morgan fingerprint density at radius 3 is 2.77 bits per heavy atom. The van der Waals surface area contributed by atoms with E-state index in [-0.39, 0.29) is 30.0 Å². The number of aromatic nitrogens is 1. The molecule has 4 aliphatic rings. The molecule has 166 valence electrons. The Labute approximate surface area is 180 Å². The maximum atomic E-state index is 13.3. The zero-order chi connectivity index (χ0) is 21.2. The summed E-state index contributed by atoms with van der Waals surface area (Å²) in [5.74, 6) is 0.293. The summed E-state index contributed by atoms with van der Waals surface area (Å²) in [6.07, 6.45) is 1.59. The van der Waals surface area contributed by atoms with Crippen LogP contribution >= 0.6 is 0 Å². The second kappa shape index (κ2) is 7.25. The number of H-pyrrole nitrogens is 1. The Hall–Kier alpha value is -2.03. The fourth-order valence-electron chi connectivity index (χ4n) is 6.13. The van der Waals surface area contributed by atoms with Gasteiger partial charge >= 0.3 is 0 Å². The highest BCUT2D eigenvalue weighted by Crippen LogP contribution is 2.48. The van der Waals surface area contributed by atoms with Crippen LogP contribution in [-0.2, 0) is 0 Å². The number of amides is 1. The number of likely N-dealkylation sites (tertiary alicyclic amines) is 1. The lowest BCUT2D eigenvalue weighted by Crippen LogP contribution is -2.51. The average molecular weight is 430 g/mol. The zero-order valence-electron chi connectivity index (χ0n) is 17.6. The molecule has 8 heteroatoms. The summed E-state index contributed by atoms with van der Waals surface area (Å²) in [5, 5.41) is 3.34. The van der Waals surface area contributed by atoms with Gasteiger partial charge < -0.3 is 9.88 Å². The highest BCUT2D eigenvalue weighted by Gasteiger charge is 2.55. The molecule has 3 aliphatic heterocycles. The minimum atomic E-state index is -2.30. The van der Waals surface area contributed by atoms with Crippen molar-refractivity contribution in [2.45, 2.75) is 49.7 Å². The number of halogens is 2. The molecule has 2 N–H and O–H groups in total. The highest BCUT2D eigenvalue weighted by molar-refractivity contribution is 5.98. The van der Waals surface area contributed by atoms with Crippen LogP contribution in [0.2, 0.25) is 0 Å². The third-order valence-corrected chi connectivity index (χ3v) is 8.01. The van der Waals surface area contributed by atoms with Crippen molar-refractivity contribution in [2.24, 2.45) is 5.92 Å². The first kappa shape index (κ1) is 19.6. The Balaban J connectivity index is 1.21. The minimum Gasteiger partial charge on any atom is -0.351 e. The molecule has 1 aromatic heterocycles. The molecule has 3 unspecified atom stereocenters. The number of hydrazine groups is 1. The van der Waals surface area contributed by atoms with E-state index in [1.165, 1.54) is 0 Å². The van der Waals surface area contributed by atoms with Crippen LogP contribution in [0, 0.1) is 5.92 Å². The minimum absolute atomic E-state index is 0.0214. The van der Waals surface area contributed by atoms with E-state index < -0.39 is 6.43 Å². The molecule has 1 saturated carbocycles. The van der Waals surface area contributed by atoms with Crippen molar-refractivity contribution in [1.29, 1.82) is 0 Å². The summed E-state index contributed by atoms with van der Waals surface area (Å²) in [7, 11) is 0. The van der Waals surface area contributed by atoms with Gasteiger partial charge in [-0.1, -0.05) is 18.2 Å². The summed E-state index contributed by atoms with van der Waals surface area (Å²) in [6.45, 7) is 2.80. The molecule has 6 rings (SSSR count). The predicted octanol–water partition coefficient (Wildman–Crippen LogP) is 2.69. The number of piperidine rings is 1. The van der Waals surface area contributed by atoms with Crippen LogP contribution in [0.3, 0.4) is 0 Å². The molecule has 1 aliphatic carbocycles. The van der Waals surface area contributed by atoms with Gasteiger partial charge in [0.05, 0.1) is 6.54 Å². The zero-order valence-corrected chi connectivity index (χ0v) is 17.6. The third kappa shape index (κ3) is 3.36. The number of carbonyl (C=O) groups is 1. The first-order valence-corrected chi connectivity index (χ1v) is 11.5. The number of benzene rings is 1. The molecule has 0 bridgehead atoms. The van der Waals surface area contributed by atoms with Crippen molar-refractivity contribution < 1.29 is 13.6 Å². The van der Waals surface area contributed by atoms with Crippen LogP contribution < -0.4 is 5.43 Å². The SMILES string of the molecule is O=C(c1cc2ccccc2[nH]1)N1CCC2NN3CCC4(CC4)N(CC(F)F)CC3C2C1. The van der Waals surface area contributed by atoms with E-state index in [0.717, 1.165) is 43.1 Å². The predicted molar refractivity (Wildman–Crippen MR) is 114 cm³/mol. The number of alkyl halides is 2. The van der Waals surface area contributed by atoms with Gasteiger partial charge in [0.1, 0.15) is 5.69 Å². The molecule has 0 radical (unpaired) electrons. The molecule has 1 spiro atoms. The van der Waals surface area contributed by atoms with E-state index in [9.17, 15) is 13.6 Å². The highest BCUT2D eigenvalue weighted by atomic mass is 19.3. The molecular weight excluding hydrogens is 400 g/mol. The van der Waals surface area contributed by atoms with Crippen LogP contribution in [0.5, 0.6) is 0 Å². The van der Waals surface area contributed by atoms with E-state index >= 15 is 0 Å². The molecule has 1 amide bonds. The molecule has 3 atom stereocenters. The summed E-state index contributed by atoms with van der Waals surface area (Å²) in [6, 6.07) is 10.3. The largest absolute Gasteiger partial charge is 0.351 e. The van der Waals surface area contributed by atoms with E-state index in [2.05, 4.69) is 20.3 Å². The van der Waals surface area contributed by atoms with Gasteiger partial charge in [-0.15, -0.1) is 0 Å². The second-order valence-electron chi connectivity index (χ2n) is 9.74. The van der Waals surface area contributed by atoms with Crippen LogP contribution in [0.4, 0.5) is 8.78 Å². The Morgan fingerprint density at radius 1 is 1.16 bits per heavy atom. The van der Waals surface area contributed by atoms with Gasteiger partial charge in [0.15, 0.2) is 0 Å². The van der Waals surface area contributed by atoms with Crippen molar-refractivity contribution in [2.75, 3.05) is 32.7 Å². The van der Waals surface area contributed by atoms with Crippen LogP contribution in [-0.4, -0.2) is 82.5 Å². The van der Waals surface area contributed by atoms with Gasteiger partial charge in [0.2, 0.25) is 0 Å². The number of hydrogen-bond acceptors (Lipinski definition) is 4. The molecule has 31 heavy (non-hydrogen) atoms. The smallest absolute Gasteiger partial charge is 0.270 e. The number of nitrogens with zero attached hydrogens (tertiary/aromatic N) is 3. The lowest BCUT2D eigenvalue weighted by molar-refractivity contribution is 0.0445. The molecular formula is C23H29F2N5O. The van der Waals surface area contributed by atoms with E-state index in [1.54, 1.807) is 0 Å². The fraction of sp³-hybridized carbons (Fsp3) is 0.609. The first-order chi connectivity index (χ1) is 15.0. The number of aromatic amines is 1. The number of carbonyl (C=O) groups excluding carboxylic acids is 1. The third-order valence-electron chi connectivity index (χ3n) is 8.01. The van der Waals surface area contributed by atoms with Crippen molar-refractivity contribution in [3.63, 3.8) is 0 Å². The van der Waals surface area contributed by atoms with Crippen LogP contribution in [0.15, 0.2) is 30.3 Å². The Kier molecular flexibility index (Phi) is 4.59. The van der Waals surface area contributed by atoms with Crippen LogP contribution in [0.1, 0.15) is 36.2 Å². The number of rotatable bonds is 3. The van der Waals surface area contributed by atoms with Gasteiger partial charge in [-0.3, -0.25) is 15.1 Å². The Morgan fingerprint density at radius 2 is 2.00 bits per heavy atom. The van der Waals surface area contributed by atoms with E-state index in [1.807, 2.05) is 35.2 Å². The normalized spacial score (nSPS) is 30.5. The number of fused-ring (bicyclic) bond motifs is 4. The maximum absolute atomic E-state index is 13.3. The van der Waals surface area contributed by atoms with Crippen molar-refractivity contribution >= 4 is 16.8 Å². The second-order valence-corrected chi connectivity index (χ2v) is 9.74. The molecule has 1 aromatic carbocycles. The van der Waals surface area contributed by atoms with Crippen molar-refractivity contribution in [3.8, 4) is 0 Å². The molecule has 4 heterocycles. The van der Waals surface area contributed by atoms with Crippen molar-refractivity contribution in [1.82, 2.24) is 25.2 Å². The number of nitrogens with one attached hydrogen (secondary N) is 2. The van der Waals surface area contributed by atoms with Gasteiger partial charge in [0, 0.05) is 60.6 Å². The maximum Gasteiger partial charge on any atom is 0.270 e. The first-order valence-electron chi connectivity index (χ1n) is 11.5. The van der Waals surface area contributed by atoms with Crippen LogP contribution in [0.25, 0.3) is 10.9 Å². The average Bonchev–Trinajstić information content (AvgIpc) is 3.34. The van der Waals surface area contributed by atoms with Gasteiger partial charge in [-0.25, -0.2) is 13.8 Å². The van der Waals surface area contributed by atoms with Gasteiger partial charge in [0.25, 0.3) is 12.3 Å². The molecule has 3 saturated heterocycles. The lowest BCUT2D eigenvalue weighted by Gasteiger charge is -2.38. The lowest BCUT2D eigenvalue weighted by atomic mass is 9.87. The van der Waals surface area contributed by atoms with E-state index in [4.69, 9.17) is 0 Å². The topological polar surface area (TPSA) is 54.6 Å². The number of para-hydroxylation sites is 1. The Bertz CT molecular complexity index is 956. The standard InChI is InChI=1S/C23H29F2N5O/c24-21(25)14-29-13-20-16-12-28(22(31)19-11-15-3-1-2-4-17(15)26-19)9-5-18(16)27-30(20)10-8-23(29)6-7-23/h1-4,11,16,18,20-21,26-27H,5-10,12-14H2. The quantitative estimate of drug-likeness (QED) is 0.788. The molecule has 2 aromatic rings.